The van der Waals surface area contributed by atoms with E-state index in [0.717, 1.165) is 11.4 Å². The molecule has 0 saturated heterocycles. The van der Waals surface area contributed by atoms with Crippen LogP contribution in [0.1, 0.15) is 21.7 Å². The van der Waals surface area contributed by atoms with Gasteiger partial charge in [0.1, 0.15) is 12.0 Å². The predicted octanol–water partition coefficient (Wildman–Crippen LogP) is 2.96. The Morgan fingerprint density at radius 1 is 1.35 bits per heavy atom. The van der Waals surface area contributed by atoms with Gasteiger partial charge >= 0.3 is 5.97 Å². The first-order valence-corrected chi connectivity index (χ1v) is 6.30. The molecule has 0 fully saturated rings. The molecule has 1 heterocycles. The van der Waals surface area contributed by atoms with E-state index in [2.05, 4.69) is 23.2 Å². The Morgan fingerprint density at radius 2 is 2.10 bits per heavy atom. The molecule has 0 unspecified atom stereocenters. The van der Waals surface area contributed by atoms with Gasteiger partial charge in [-0.1, -0.05) is 6.07 Å². The van der Waals surface area contributed by atoms with Crippen molar-refractivity contribution in [2.24, 2.45) is 0 Å². The minimum atomic E-state index is -0.981. The molecule has 2 N–H and O–H groups in total. The minimum Gasteiger partial charge on any atom is -0.478 e. The number of aryl methyl sites for hydroxylation is 1. The molecule has 5 nitrogen and oxygen atoms in total. The van der Waals surface area contributed by atoms with Gasteiger partial charge in [-0.25, -0.2) is 4.79 Å². The maximum absolute atomic E-state index is 10.8. The molecule has 106 valence electrons. The highest BCUT2D eigenvalue weighted by Crippen LogP contribution is 2.23. The molecule has 0 saturated carbocycles. The molecule has 20 heavy (non-hydrogen) atoms. The summed E-state index contributed by atoms with van der Waals surface area (Å²) in [5, 5.41) is 12.0. The Morgan fingerprint density at radius 3 is 2.70 bits per heavy atom. The number of carbonyl (C=O) groups is 1. The van der Waals surface area contributed by atoms with Crippen molar-refractivity contribution in [3.8, 4) is 0 Å². The highest BCUT2D eigenvalue weighted by molar-refractivity contribution is 5.87. The number of nitrogens with one attached hydrogen (secondary N) is 1. The first kappa shape index (κ1) is 14.0. The molecule has 2 aromatic rings. The summed E-state index contributed by atoms with van der Waals surface area (Å²) in [5.74, 6) is -0.389. The molecule has 1 aromatic carbocycles. The molecule has 0 atom stereocenters. The Kier molecular flexibility index (Phi) is 3.98. The highest BCUT2D eigenvalue weighted by atomic mass is 16.4. The van der Waals surface area contributed by atoms with E-state index in [-0.39, 0.29) is 5.56 Å². The SMILES string of the molecule is Cc1ccc(NCc2cc(C(=O)O)co2)cc1N(C)C. The fourth-order valence-electron chi connectivity index (χ4n) is 1.98. The van der Waals surface area contributed by atoms with Crippen LogP contribution in [-0.4, -0.2) is 25.2 Å². The number of hydrogen-bond acceptors (Lipinski definition) is 4. The molecular formula is C15H18N2O3. The number of rotatable bonds is 5. The summed E-state index contributed by atoms with van der Waals surface area (Å²) in [5.41, 5.74) is 3.47. The molecule has 5 heteroatoms. The zero-order valence-electron chi connectivity index (χ0n) is 11.8. The van der Waals surface area contributed by atoms with E-state index in [0.29, 0.717) is 12.3 Å². The number of hydrogen-bond donors (Lipinski definition) is 2. The van der Waals surface area contributed by atoms with Gasteiger partial charge in [0.15, 0.2) is 0 Å². The zero-order chi connectivity index (χ0) is 14.7. The molecule has 0 radical (unpaired) electrons. The van der Waals surface area contributed by atoms with Gasteiger partial charge in [-0.2, -0.15) is 0 Å². The maximum atomic E-state index is 10.8. The standard InChI is InChI=1S/C15H18N2O3/c1-10-4-5-12(7-14(10)17(2)3)16-8-13-6-11(9-20-13)15(18)19/h4-7,9,16H,8H2,1-3H3,(H,18,19). The molecular weight excluding hydrogens is 256 g/mol. The fourth-order valence-corrected chi connectivity index (χ4v) is 1.98. The van der Waals surface area contributed by atoms with E-state index in [9.17, 15) is 4.79 Å². The smallest absolute Gasteiger partial charge is 0.338 e. The van der Waals surface area contributed by atoms with Gasteiger partial charge in [0.2, 0.25) is 0 Å². The van der Waals surface area contributed by atoms with Crippen molar-refractivity contribution in [3.05, 3.63) is 47.4 Å². The summed E-state index contributed by atoms with van der Waals surface area (Å²) >= 11 is 0. The topological polar surface area (TPSA) is 65.7 Å². The lowest BCUT2D eigenvalue weighted by Gasteiger charge is -2.17. The highest BCUT2D eigenvalue weighted by Gasteiger charge is 2.08. The second-order valence-corrected chi connectivity index (χ2v) is 4.86. The summed E-state index contributed by atoms with van der Waals surface area (Å²) in [7, 11) is 4.00. The van der Waals surface area contributed by atoms with Crippen molar-refractivity contribution in [2.75, 3.05) is 24.3 Å². The third-order valence-electron chi connectivity index (χ3n) is 3.06. The molecule has 0 aliphatic rings. The number of benzene rings is 1. The maximum Gasteiger partial charge on any atom is 0.338 e. The molecule has 0 bridgehead atoms. The molecule has 0 aliphatic heterocycles. The summed E-state index contributed by atoms with van der Waals surface area (Å²) in [4.78, 5) is 12.8. The van der Waals surface area contributed by atoms with Crippen LogP contribution >= 0.6 is 0 Å². The third kappa shape index (κ3) is 3.12. The Bertz CT molecular complexity index is 617. The van der Waals surface area contributed by atoms with E-state index in [1.54, 1.807) is 0 Å². The number of carboxylic acids is 1. The van der Waals surface area contributed by atoms with Crippen molar-refractivity contribution >= 4 is 17.3 Å². The van der Waals surface area contributed by atoms with Crippen LogP contribution in [0.25, 0.3) is 0 Å². The second-order valence-electron chi connectivity index (χ2n) is 4.86. The first-order valence-electron chi connectivity index (χ1n) is 6.30. The van der Waals surface area contributed by atoms with E-state index < -0.39 is 5.97 Å². The van der Waals surface area contributed by atoms with Crippen molar-refractivity contribution in [1.29, 1.82) is 0 Å². The molecule has 0 spiro atoms. The Labute approximate surface area is 117 Å². The average molecular weight is 274 g/mol. The Balaban J connectivity index is 2.06. The number of carboxylic acid groups (broad SMARTS) is 1. The average Bonchev–Trinajstić information content (AvgIpc) is 2.86. The quantitative estimate of drug-likeness (QED) is 0.877. The molecule has 2 rings (SSSR count). The Hall–Kier alpha value is -2.43. The van der Waals surface area contributed by atoms with Crippen LogP contribution in [0.15, 0.2) is 34.9 Å². The number of aromatic carboxylic acids is 1. The monoisotopic (exact) mass is 274 g/mol. The van der Waals surface area contributed by atoms with Gasteiger partial charge < -0.3 is 19.7 Å². The largest absolute Gasteiger partial charge is 0.478 e. The van der Waals surface area contributed by atoms with Crippen LogP contribution in [0, 0.1) is 6.92 Å². The lowest BCUT2D eigenvalue weighted by atomic mass is 10.1. The van der Waals surface area contributed by atoms with Crippen molar-refractivity contribution in [1.82, 2.24) is 0 Å². The number of nitrogens with zero attached hydrogens (tertiary/aromatic N) is 1. The summed E-state index contributed by atoms with van der Waals surface area (Å²) < 4.78 is 5.20. The lowest BCUT2D eigenvalue weighted by molar-refractivity contribution is 0.0696. The van der Waals surface area contributed by atoms with E-state index >= 15 is 0 Å². The van der Waals surface area contributed by atoms with Crippen molar-refractivity contribution in [2.45, 2.75) is 13.5 Å². The van der Waals surface area contributed by atoms with Gasteiger partial charge in [0.25, 0.3) is 0 Å². The van der Waals surface area contributed by atoms with Crippen LogP contribution in [-0.2, 0) is 6.54 Å². The summed E-state index contributed by atoms with van der Waals surface area (Å²) in [6, 6.07) is 7.61. The fraction of sp³-hybridized carbons (Fsp3) is 0.267. The predicted molar refractivity (Wildman–Crippen MR) is 78.5 cm³/mol. The van der Waals surface area contributed by atoms with Crippen LogP contribution in [0.5, 0.6) is 0 Å². The van der Waals surface area contributed by atoms with Gasteiger partial charge in [0.05, 0.1) is 12.1 Å². The van der Waals surface area contributed by atoms with Crippen molar-refractivity contribution in [3.63, 3.8) is 0 Å². The van der Waals surface area contributed by atoms with E-state index in [1.165, 1.54) is 17.9 Å². The van der Waals surface area contributed by atoms with Gasteiger partial charge in [-0.15, -0.1) is 0 Å². The second kappa shape index (κ2) is 5.69. The van der Waals surface area contributed by atoms with Crippen LogP contribution < -0.4 is 10.2 Å². The van der Waals surface area contributed by atoms with Gasteiger partial charge in [-0.05, 0) is 30.7 Å². The van der Waals surface area contributed by atoms with Gasteiger partial charge in [0, 0.05) is 25.5 Å². The number of furan rings is 1. The lowest BCUT2D eigenvalue weighted by Crippen LogP contribution is -2.10. The van der Waals surface area contributed by atoms with Gasteiger partial charge in [-0.3, -0.25) is 0 Å². The number of anilines is 2. The van der Waals surface area contributed by atoms with E-state index in [4.69, 9.17) is 9.52 Å². The van der Waals surface area contributed by atoms with Crippen molar-refractivity contribution < 1.29 is 14.3 Å². The van der Waals surface area contributed by atoms with Crippen LogP contribution in [0.2, 0.25) is 0 Å². The van der Waals surface area contributed by atoms with Crippen LogP contribution in [0.4, 0.5) is 11.4 Å². The normalized spacial score (nSPS) is 10.3. The molecule has 1 aromatic heterocycles. The first-order chi connectivity index (χ1) is 9.47. The van der Waals surface area contributed by atoms with E-state index in [1.807, 2.05) is 26.2 Å². The van der Waals surface area contributed by atoms with Crippen LogP contribution in [0.3, 0.4) is 0 Å². The molecule has 0 amide bonds. The zero-order valence-corrected chi connectivity index (χ0v) is 11.8. The summed E-state index contributed by atoms with van der Waals surface area (Å²) in [6.07, 6.45) is 1.25. The summed E-state index contributed by atoms with van der Waals surface area (Å²) in [6.45, 7) is 2.51. The molecule has 0 aliphatic carbocycles. The minimum absolute atomic E-state index is 0.166. The third-order valence-corrected chi connectivity index (χ3v) is 3.06.